The Morgan fingerprint density at radius 1 is 1.24 bits per heavy atom. The number of aromatic amines is 1. The molecule has 0 unspecified atom stereocenters. The molecule has 0 aliphatic heterocycles. The van der Waals surface area contributed by atoms with Gasteiger partial charge >= 0.3 is 0 Å². The van der Waals surface area contributed by atoms with E-state index in [0.717, 1.165) is 22.6 Å². The van der Waals surface area contributed by atoms with E-state index < -0.39 is 0 Å². The lowest BCUT2D eigenvalue weighted by Gasteiger charge is -2.15. The minimum atomic E-state index is -0.0576. The first kappa shape index (κ1) is 17.0. The standard InChI is InChI=1S/C19H23N5O/c1-13(2)16-11-18(24(4)22-16)19(25)23(3)12-15-10-17(21-20-15)14-8-6-5-7-9-14/h5-11,13H,12H2,1-4H3,(H,20,21). The smallest absolute Gasteiger partial charge is 0.272 e. The molecule has 0 spiro atoms. The van der Waals surface area contributed by atoms with Crippen molar-refractivity contribution < 1.29 is 4.79 Å². The van der Waals surface area contributed by atoms with Gasteiger partial charge in [-0.05, 0) is 18.1 Å². The fraction of sp³-hybridized carbons (Fsp3) is 0.316. The van der Waals surface area contributed by atoms with Crippen LogP contribution < -0.4 is 0 Å². The average Bonchev–Trinajstić information content (AvgIpc) is 3.22. The van der Waals surface area contributed by atoms with Crippen LogP contribution in [-0.2, 0) is 13.6 Å². The van der Waals surface area contributed by atoms with E-state index in [0.29, 0.717) is 18.2 Å². The van der Waals surface area contributed by atoms with Crippen LogP contribution in [0.3, 0.4) is 0 Å². The highest BCUT2D eigenvalue weighted by Crippen LogP contribution is 2.19. The van der Waals surface area contributed by atoms with Crippen molar-refractivity contribution in [3.05, 3.63) is 59.5 Å². The fourth-order valence-electron chi connectivity index (χ4n) is 2.69. The molecule has 6 heteroatoms. The number of carbonyl (C=O) groups excluding carboxylic acids is 1. The minimum absolute atomic E-state index is 0.0576. The van der Waals surface area contributed by atoms with Gasteiger partial charge in [-0.15, -0.1) is 0 Å². The van der Waals surface area contributed by atoms with Crippen molar-refractivity contribution in [3.8, 4) is 11.3 Å². The summed E-state index contributed by atoms with van der Waals surface area (Å²) in [6.07, 6.45) is 0. The van der Waals surface area contributed by atoms with Gasteiger partial charge in [-0.2, -0.15) is 10.2 Å². The zero-order chi connectivity index (χ0) is 18.0. The van der Waals surface area contributed by atoms with E-state index in [1.165, 1.54) is 0 Å². The van der Waals surface area contributed by atoms with Gasteiger partial charge in [0.1, 0.15) is 5.69 Å². The molecular formula is C19H23N5O. The second kappa shape index (κ2) is 6.93. The van der Waals surface area contributed by atoms with E-state index in [-0.39, 0.29) is 5.91 Å². The van der Waals surface area contributed by atoms with Crippen molar-refractivity contribution in [2.24, 2.45) is 7.05 Å². The second-order valence-electron chi connectivity index (χ2n) is 6.54. The van der Waals surface area contributed by atoms with Gasteiger partial charge in [0, 0.05) is 19.7 Å². The number of H-pyrrole nitrogens is 1. The third-order valence-electron chi connectivity index (χ3n) is 4.16. The van der Waals surface area contributed by atoms with Gasteiger partial charge in [0.2, 0.25) is 0 Å². The quantitative estimate of drug-likeness (QED) is 0.777. The molecule has 2 heterocycles. The summed E-state index contributed by atoms with van der Waals surface area (Å²) in [5, 5.41) is 11.8. The number of rotatable bonds is 5. The Labute approximate surface area is 147 Å². The highest BCUT2D eigenvalue weighted by Gasteiger charge is 2.19. The summed E-state index contributed by atoms with van der Waals surface area (Å²) in [6.45, 7) is 4.59. The Morgan fingerprint density at radius 2 is 1.96 bits per heavy atom. The number of hydrogen-bond acceptors (Lipinski definition) is 3. The molecule has 0 saturated carbocycles. The monoisotopic (exact) mass is 337 g/mol. The number of benzene rings is 1. The maximum atomic E-state index is 12.7. The topological polar surface area (TPSA) is 66.8 Å². The molecule has 25 heavy (non-hydrogen) atoms. The highest BCUT2D eigenvalue weighted by atomic mass is 16.2. The Bertz CT molecular complexity index is 863. The molecule has 0 bridgehead atoms. The predicted octanol–water partition coefficient (Wildman–Crippen LogP) is 3.21. The molecule has 130 valence electrons. The van der Waals surface area contributed by atoms with E-state index in [9.17, 15) is 4.79 Å². The van der Waals surface area contributed by atoms with Crippen LogP contribution in [0.15, 0.2) is 42.5 Å². The lowest BCUT2D eigenvalue weighted by Crippen LogP contribution is -2.28. The number of aromatic nitrogens is 4. The molecule has 0 aliphatic rings. The average molecular weight is 337 g/mol. The van der Waals surface area contributed by atoms with E-state index in [1.807, 2.05) is 42.5 Å². The molecule has 0 saturated heterocycles. The summed E-state index contributed by atoms with van der Waals surface area (Å²) in [5.41, 5.74) is 4.33. The van der Waals surface area contributed by atoms with Crippen molar-refractivity contribution in [2.45, 2.75) is 26.3 Å². The molecule has 0 aliphatic carbocycles. The largest absolute Gasteiger partial charge is 0.335 e. The first-order valence-corrected chi connectivity index (χ1v) is 8.35. The Morgan fingerprint density at radius 3 is 2.60 bits per heavy atom. The van der Waals surface area contributed by atoms with Crippen LogP contribution in [0.25, 0.3) is 11.3 Å². The van der Waals surface area contributed by atoms with E-state index >= 15 is 0 Å². The van der Waals surface area contributed by atoms with E-state index in [2.05, 4.69) is 29.1 Å². The van der Waals surface area contributed by atoms with Crippen molar-refractivity contribution in [3.63, 3.8) is 0 Å². The molecule has 0 radical (unpaired) electrons. The SMILES string of the molecule is CC(C)c1cc(C(=O)N(C)Cc2cc(-c3ccccc3)n[nH]2)n(C)n1. The van der Waals surface area contributed by atoms with Crippen LogP contribution in [-0.4, -0.2) is 37.8 Å². The van der Waals surface area contributed by atoms with Gasteiger partial charge in [0.25, 0.3) is 5.91 Å². The molecule has 0 fully saturated rings. The van der Waals surface area contributed by atoms with Crippen LogP contribution in [0.2, 0.25) is 0 Å². The molecule has 0 atom stereocenters. The normalized spacial score (nSPS) is 11.1. The molecule has 1 aromatic carbocycles. The van der Waals surface area contributed by atoms with Crippen LogP contribution in [0.4, 0.5) is 0 Å². The number of nitrogens with one attached hydrogen (secondary N) is 1. The number of aryl methyl sites for hydroxylation is 1. The number of amides is 1. The third-order valence-corrected chi connectivity index (χ3v) is 4.16. The highest BCUT2D eigenvalue weighted by molar-refractivity contribution is 5.92. The summed E-state index contributed by atoms with van der Waals surface area (Å²) >= 11 is 0. The maximum absolute atomic E-state index is 12.7. The van der Waals surface area contributed by atoms with Crippen LogP contribution in [0.5, 0.6) is 0 Å². The zero-order valence-corrected chi connectivity index (χ0v) is 15.0. The van der Waals surface area contributed by atoms with Gasteiger partial charge in [-0.1, -0.05) is 44.2 Å². The van der Waals surface area contributed by atoms with Crippen LogP contribution >= 0.6 is 0 Å². The first-order chi connectivity index (χ1) is 12.0. The fourth-order valence-corrected chi connectivity index (χ4v) is 2.69. The van der Waals surface area contributed by atoms with Gasteiger partial charge in [0.15, 0.2) is 0 Å². The Hall–Kier alpha value is -2.89. The van der Waals surface area contributed by atoms with Gasteiger partial charge < -0.3 is 4.90 Å². The van der Waals surface area contributed by atoms with Crippen molar-refractivity contribution >= 4 is 5.91 Å². The predicted molar refractivity (Wildman–Crippen MR) is 97.1 cm³/mol. The number of carbonyl (C=O) groups is 1. The minimum Gasteiger partial charge on any atom is -0.335 e. The van der Waals surface area contributed by atoms with Crippen molar-refractivity contribution in [1.82, 2.24) is 24.9 Å². The Balaban J connectivity index is 1.73. The van der Waals surface area contributed by atoms with Gasteiger partial charge in [-0.3, -0.25) is 14.6 Å². The number of hydrogen-bond donors (Lipinski definition) is 1. The molecule has 3 rings (SSSR count). The lowest BCUT2D eigenvalue weighted by molar-refractivity contribution is 0.0772. The molecular weight excluding hydrogens is 314 g/mol. The van der Waals surface area contributed by atoms with E-state index in [4.69, 9.17) is 0 Å². The maximum Gasteiger partial charge on any atom is 0.272 e. The summed E-state index contributed by atoms with van der Waals surface area (Å²) in [5.74, 6) is 0.233. The summed E-state index contributed by atoms with van der Waals surface area (Å²) < 4.78 is 1.65. The second-order valence-corrected chi connectivity index (χ2v) is 6.54. The molecule has 2 aromatic heterocycles. The van der Waals surface area contributed by atoms with Crippen LogP contribution in [0.1, 0.15) is 41.6 Å². The van der Waals surface area contributed by atoms with Crippen molar-refractivity contribution in [2.75, 3.05) is 7.05 Å². The molecule has 3 aromatic rings. The molecule has 1 amide bonds. The Kier molecular flexibility index (Phi) is 4.70. The van der Waals surface area contributed by atoms with Crippen LogP contribution in [0, 0.1) is 0 Å². The van der Waals surface area contributed by atoms with Crippen molar-refractivity contribution in [1.29, 1.82) is 0 Å². The summed E-state index contributed by atoms with van der Waals surface area (Å²) in [7, 11) is 3.59. The van der Waals surface area contributed by atoms with Gasteiger partial charge in [-0.25, -0.2) is 0 Å². The molecule has 1 N–H and O–H groups in total. The number of nitrogens with zero attached hydrogens (tertiary/aromatic N) is 4. The zero-order valence-electron chi connectivity index (χ0n) is 15.0. The summed E-state index contributed by atoms with van der Waals surface area (Å²) in [6, 6.07) is 13.8. The molecule has 6 nitrogen and oxygen atoms in total. The summed E-state index contributed by atoms with van der Waals surface area (Å²) in [4.78, 5) is 14.4. The first-order valence-electron chi connectivity index (χ1n) is 8.35. The van der Waals surface area contributed by atoms with E-state index in [1.54, 1.807) is 23.7 Å². The lowest BCUT2D eigenvalue weighted by atomic mass is 10.1. The van der Waals surface area contributed by atoms with Gasteiger partial charge in [0.05, 0.1) is 23.6 Å². The third kappa shape index (κ3) is 3.63.